The third kappa shape index (κ3) is 39.4. The number of furan rings is 4. The van der Waals surface area contributed by atoms with Crippen LogP contribution in [-0.2, 0) is 99.6 Å². The van der Waals surface area contributed by atoms with Crippen molar-refractivity contribution in [2.24, 2.45) is 43.3 Å². The maximum atomic E-state index is 11.8. The fourth-order valence-electron chi connectivity index (χ4n) is 13.1. The number of benzene rings is 5. The molecule has 812 valence electrons. The summed E-state index contributed by atoms with van der Waals surface area (Å²) < 4.78 is 46.1. The van der Waals surface area contributed by atoms with Gasteiger partial charge in [-0.1, -0.05) is 280 Å². The quantitative estimate of drug-likeness (QED) is 0.0178. The summed E-state index contributed by atoms with van der Waals surface area (Å²) in [7, 11) is 0. The molecule has 5 aromatic carbocycles. The molecule has 0 saturated carbocycles. The summed E-state index contributed by atoms with van der Waals surface area (Å²) in [4.78, 5) is 64.6. The van der Waals surface area contributed by atoms with E-state index in [4.69, 9.17) is 36.6 Å². The van der Waals surface area contributed by atoms with Gasteiger partial charge >= 0.3 is 0 Å². The molecule has 24 heteroatoms. The van der Waals surface area contributed by atoms with Crippen LogP contribution in [0.2, 0.25) is 0 Å². The van der Waals surface area contributed by atoms with Crippen molar-refractivity contribution >= 4 is 67.0 Å². The van der Waals surface area contributed by atoms with E-state index in [0.717, 1.165) is 157 Å². The molecule has 0 bridgehead atoms. The predicted octanol–water partition coefficient (Wildman–Crippen LogP) is 35.5. The molecule has 0 unspecified atom stereocenters. The zero-order valence-electron chi connectivity index (χ0n) is 93.9. The Morgan fingerprint density at radius 3 is 0.986 bits per heavy atom. The van der Waals surface area contributed by atoms with Crippen LogP contribution in [0, 0.1) is 123 Å². The first-order valence-electron chi connectivity index (χ1n) is 50.2. The molecular weight excluding hydrogens is 2570 g/mol. The number of allylic oxidation sites excluding steroid dienone is 8. The first-order chi connectivity index (χ1) is 67.2. The van der Waals surface area contributed by atoms with Gasteiger partial charge in [0.25, 0.3) is 5.88 Å². The Kier molecular flexibility index (Phi) is 53.6. The van der Waals surface area contributed by atoms with E-state index in [1.807, 2.05) is 300 Å². The van der Waals surface area contributed by atoms with E-state index in [1.165, 1.54) is 24.3 Å². The van der Waals surface area contributed by atoms with Gasteiger partial charge in [0.05, 0.1) is 34.9 Å². The van der Waals surface area contributed by atoms with Crippen LogP contribution in [0.5, 0.6) is 46.5 Å². The van der Waals surface area contributed by atoms with Crippen molar-refractivity contribution in [1.82, 2.24) is 19.9 Å². The smallest absolute Gasteiger partial charge is 0.261 e. The summed E-state index contributed by atoms with van der Waals surface area (Å²) in [5, 5.41) is 43.1. The Balaban J connectivity index is 0.000000574. The van der Waals surface area contributed by atoms with E-state index in [1.54, 1.807) is 43.6 Å². The molecule has 8 aromatic heterocycles. The van der Waals surface area contributed by atoms with Gasteiger partial charge in [0.15, 0.2) is 28.7 Å². The maximum absolute atomic E-state index is 11.8. The van der Waals surface area contributed by atoms with Gasteiger partial charge in [-0.2, -0.15) is 68.8 Å². The SMILES string of the molecule is CCC(C)(C)C(=O)C=C(O)C(C)(C)CC.CCC(C)(C)C(=O)C=C(O)C(C)(C)CC.CCC(C)(C)C(=O)C=C(O)C(C)(C)CC.CCC(C)(C)C(=O)C=C(O)C(C)(C)CC.Cc1[c-]c(Oc2nccc3c(-c4ccccc4)coc23)cc(C)c1.Cc1[c-]c(Oc2nccc3oc(C(C)C)cc23)cc(C)c1.Cc1[c-]c(Oc2nccc3occ(C(C)C)c23)cc(C)c1.Cc1[c-]c(Oc2nccc3occc23)cc(C)c1.[Ir].[Ir].[Ir].[Ir]. The van der Waals surface area contributed by atoms with Gasteiger partial charge in [0, 0.05) is 230 Å². The largest absolute Gasteiger partial charge is 0.512 e. The van der Waals surface area contributed by atoms with Gasteiger partial charge in [-0.05, 0) is 87.1 Å². The van der Waals surface area contributed by atoms with Gasteiger partial charge in [-0.25, -0.2) is 19.9 Å². The molecule has 0 saturated heterocycles. The number of pyridine rings is 4. The number of carbonyl (C=O) groups is 4. The molecule has 0 aliphatic rings. The molecule has 0 aliphatic heterocycles. The second-order valence-corrected chi connectivity index (χ2v) is 42.8. The third-order valence-corrected chi connectivity index (χ3v) is 26.9. The van der Waals surface area contributed by atoms with E-state index in [-0.39, 0.29) is 170 Å². The predicted molar refractivity (Wildman–Crippen MR) is 584 cm³/mol. The molecule has 4 N–H and O–H groups in total. The molecule has 0 spiro atoms. The van der Waals surface area contributed by atoms with Crippen molar-refractivity contribution in [2.75, 3.05) is 0 Å². The number of ketones is 4. The third-order valence-electron chi connectivity index (χ3n) is 26.9. The fourth-order valence-corrected chi connectivity index (χ4v) is 13.1. The maximum Gasteiger partial charge on any atom is 0.261 e. The van der Waals surface area contributed by atoms with E-state index in [9.17, 15) is 39.6 Å². The summed E-state index contributed by atoms with van der Waals surface area (Å²) in [5.74, 6) is 7.21. The molecule has 0 amide bonds. The fraction of sp³-hybridized carbons (Fsp3) is 0.435. The molecule has 0 fully saturated rings. The Morgan fingerprint density at radius 2 is 0.649 bits per heavy atom. The van der Waals surface area contributed by atoms with Crippen LogP contribution in [0.3, 0.4) is 0 Å². The van der Waals surface area contributed by atoms with Gasteiger partial charge in [0.1, 0.15) is 45.5 Å². The minimum atomic E-state index is -0.377. The van der Waals surface area contributed by atoms with Gasteiger partial charge in [-0.3, -0.25) is 19.2 Å². The average Bonchev–Trinajstić information content (AvgIpc) is 1.49. The Morgan fingerprint density at radius 1 is 0.338 bits per heavy atom. The van der Waals surface area contributed by atoms with Crippen LogP contribution in [0.15, 0.2) is 224 Å². The number of ether oxygens (including phenoxy) is 4. The topological polar surface area (TPSA) is 290 Å². The molecule has 20 nitrogen and oxygen atoms in total. The summed E-state index contributed by atoms with van der Waals surface area (Å²) >= 11 is 0. The number of aliphatic hydroxyl groups is 4. The first kappa shape index (κ1) is 134. The normalized spacial score (nSPS) is 12.0. The summed E-state index contributed by atoms with van der Waals surface area (Å²) in [6.07, 6.45) is 23.9. The van der Waals surface area contributed by atoms with E-state index in [2.05, 4.69) is 108 Å². The summed E-state index contributed by atoms with van der Waals surface area (Å²) in [6, 6.07) is 50.3. The molecule has 0 atom stereocenters. The van der Waals surface area contributed by atoms with Crippen LogP contribution in [0.25, 0.3) is 55.0 Å². The monoisotopic (exact) mass is 2730 g/mol. The van der Waals surface area contributed by atoms with Crippen LogP contribution in [0.1, 0.15) is 313 Å². The number of carbonyl (C=O) groups excluding carboxylic acids is 4. The van der Waals surface area contributed by atoms with Gasteiger partial charge < -0.3 is 57.0 Å². The van der Waals surface area contributed by atoms with Crippen molar-refractivity contribution in [3.63, 3.8) is 0 Å². The second kappa shape index (κ2) is 59.3. The standard InChI is InChI=1S/C21H16NO2.2C18H18NO2.C15H12NO2.4C13H24O2.4Ir/c1-14-10-15(2)12-17(11-14)24-21-20-18(8-9-22-21)19(13-23-20)16-6-4-3-5-7-16;1-11(2)17-10-15-16(21-17)5-6-19-18(15)20-14-8-12(3)7-13(4)9-14;1-11(2)15-10-20-16-5-6-19-18(17(15)16)21-14-8-12(3)7-13(4)9-14;1-10-7-11(2)9-12(8-10)18-15-13-4-6-17-14(13)3-5-16-15;4*1-7-12(3,4)10(14)9-11(15)13(5,6)8-2;;;;/h3-11,13H,1-2H3;2*5-8,10-11H,1-4H3;3-8H,1-2H3;4*9,14H,7-8H2,1-6H3;;;;/q4*-1;;;;;;;;. The minimum absolute atomic E-state index is 0. The Labute approximate surface area is 935 Å². The summed E-state index contributed by atoms with van der Waals surface area (Å²) in [5.41, 5.74) is 12.2. The van der Waals surface area contributed by atoms with Crippen molar-refractivity contribution in [1.29, 1.82) is 0 Å². The Bertz CT molecular complexity index is 6280. The Hall–Kier alpha value is -10.5. The van der Waals surface area contributed by atoms with Gasteiger partial charge in [-0.15, -0.1) is 48.5 Å². The van der Waals surface area contributed by atoms with Crippen molar-refractivity contribution in [3.8, 4) is 57.6 Å². The van der Waals surface area contributed by atoms with Crippen LogP contribution in [-0.4, -0.2) is 63.5 Å². The number of hydrogen-bond acceptors (Lipinski definition) is 20. The van der Waals surface area contributed by atoms with E-state index < -0.39 is 0 Å². The van der Waals surface area contributed by atoms with Gasteiger partial charge in [0.2, 0.25) is 17.6 Å². The molecule has 148 heavy (non-hydrogen) atoms. The first-order valence-corrected chi connectivity index (χ1v) is 50.2. The van der Waals surface area contributed by atoms with Crippen LogP contribution in [0.4, 0.5) is 0 Å². The minimum Gasteiger partial charge on any atom is -0.512 e. The molecule has 4 radical (unpaired) electrons. The second-order valence-electron chi connectivity index (χ2n) is 42.8. The van der Waals surface area contributed by atoms with Crippen molar-refractivity contribution in [2.45, 2.75) is 312 Å². The number of aromatic nitrogens is 4. The van der Waals surface area contributed by atoms with Crippen LogP contribution < -0.4 is 18.9 Å². The van der Waals surface area contributed by atoms with Crippen molar-refractivity contribution in [3.05, 3.63) is 286 Å². The number of aliphatic hydroxyl groups excluding tert-OH is 4. The molecule has 13 rings (SSSR count). The van der Waals surface area contributed by atoms with Crippen molar-refractivity contribution < 1.29 is 157 Å². The summed E-state index contributed by atoms with van der Waals surface area (Å²) in [6.45, 7) is 71.2. The zero-order valence-corrected chi connectivity index (χ0v) is 104. The molecule has 0 aliphatic carbocycles. The number of aryl methyl sites for hydroxylation is 8. The molecule has 8 heterocycles. The van der Waals surface area contributed by atoms with E-state index in [0.29, 0.717) is 63.9 Å². The van der Waals surface area contributed by atoms with Crippen LogP contribution >= 0.6 is 0 Å². The number of fused-ring (bicyclic) bond motifs is 4. The average molecular weight is 2730 g/mol. The number of hydrogen-bond donors (Lipinski definition) is 4. The molecular formula is C124H160Ir4N4O16-4. The molecule has 13 aromatic rings. The number of nitrogens with zero attached hydrogens (tertiary/aromatic N) is 4. The van der Waals surface area contributed by atoms with E-state index >= 15 is 0 Å². The number of rotatable bonds is 31. The zero-order chi connectivity index (χ0) is 108.